The monoisotopic (exact) mass is 205 g/mol. The number of aliphatic hydroxyl groups excluding tert-OH is 2. The van der Waals surface area contributed by atoms with E-state index in [4.69, 9.17) is 9.84 Å². The summed E-state index contributed by atoms with van der Waals surface area (Å²) < 4.78 is 5.25. The van der Waals surface area contributed by atoms with Gasteiger partial charge in [-0.15, -0.1) is 0 Å². The van der Waals surface area contributed by atoms with Crippen molar-refractivity contribution in [2.45, 2.75) is 38.9 Å². The minimum atomic E-state index is -0.438. The Morgan fingerprint density at radius 3 is 2.57 bits per heavy atom. The maximum atomic E-state index is 9.42. The molecule has 0 aliphatic heterocycles. The fourth-order valence-electron chi connectivity index (χ4n) is 0.993. The molecule has 0 aliphatic carbocycles. The third-order valence-electron chi connectivity index (χ3n) is 1.76. The number of rotatable bonds is 9. The summed E-state index contributed by atoms with van der Waals surface area (Å²) in [6.45, 7) is 5.89. The normalized spacial score (nSPS) is 13.5. The summed E-state index contributed by atoms with van der Waals surface area (Å²) in [5.74, 6) is 0. The van der Waals surface area contributed by atoms with Gasteiger partial charge in [0, 0.05) is 13.2 Å². The summed E-state index contributed by atoms with van der Waals surface area (Å²) in [6.07, 6.45) is 1.48. The van der Waals surface area contributed by atoms with Crippen LogP contribution in [0.2, 0.25) is 0 Å². The van der Waals surface area contributed by atoms with Crippen molar-refractivity contribution in [3.63, 3.8) is 0 Å². The van der Waals surface area contributed by atoms with Gasteiger partial charge in [-0.3, -0.25) is 0 Å². The van der Waals surface area contributed by atoms with Crippen molar-refractivity contribution < 1.29 is 14.9 Å². The summed E-state index contributed by atoms with van der Waals surface area (Å²) in [5.41, 5.74) is 0. The highest BCUT2D eigenvalue weighted by Gasteiger charge is 2.04. The Balaban J connectivity index is 3.14. The van der Waals surface area contributed by atoms with Crippen LogP contribution in [0.15, 0.2) is 0 Å². The number of hydrogen-bond acceptors (Lipinski definition) is 4. The van der Waals surface area contributed by atoms with Crippen LogP contribution in [0.1, 0.15) is 26.7 Å². The van der Waals surface area contributed by atoms with E-state index >= 15 is 0 Å². The average Bonchev–Trinajstić information content (AvgIpc) is 2.14. The number of nitrogens with one attached hydrogen (secondary N) is 1. The van der Waals surface area contributed by atoms with E-state index in [1.165, 1.54) is 0 Å². The van der Waals surface area contributed by atoms with E-state index in [-0.39, 0.29) is 12.7 Å². The van der Waals surface area contributed by atoms with Crippen molar-refractivity contribution in [2.24, 2.45) is 0 Å². The molecule has 0 saturated carbocycles. The highest BCUT2D eigenvalue weighted by Crippen LogP contribution is 1.91. The molecule has 0 fully saturated rings. The van der Waals surface area contributed by atoms with Crippen LogP contribution in [0, 0.1) is 0 Å². The standard InChI is InChI=1S/C10H23NO3/c1-9(2)14-8-10(13)7-11-5-3-4-6-12/h9-13H,3-8H2,1-2H3. The summed E-state index contributed by atoms with van der Waals surface area (Å²) >= 11 is 0. The minimum absolute atomic E-state index is 0.166. The molecule has 0 aliphatic rings. The van der Waals surface area contributed by atoms with Crippen LogP contribution < -0.4 is 5.32 Å². The zero-order chi connectivity index (χ0) is 10.8. The van der Waals surface area contributed by atoms with E-state index in [0.29, 0.717) is 13.2 Å². The molecule has 0 aromatic rings. The van der Waals surface area contributed by atoms with E-state index in [1.807, 2.05) is 13.8 Å². The highest BCUT2D eigenvalue weighted by atomic mass is 16.5. The summed E-state index contributed by atoms with van der Waals surface area (Å²) in [7, 11) is 0. The second-order valence-electron chi connectivity index (χ2n) is 3.67. The maximum Gasteiger partial charge on any atom is 0.0897 e. The van der Waals surface area contributed by atoms with Crippen molar-refractivity contribution in [1.82, 2.24) is 5.32 Å². The van der Waals surface area contributed by atoms with Crippen molar-refractivity contribution >= 4 is 0 Å². The van der Waals surface area contributed by atoms with Gasteiger partial charge < -0.3 is 20.3 Å². The minimum Gasteiger partial charge on any atom is -0.396 e. The lowest BCUT2D eigenvalue weighted by molar-refractivity contribution is 0.00644. The average molecular weight is 205 g/mol. The zero-order valence-corrected chi connectivity index (χ0v) is 9.20. The van der Waals surface area contributed by atoms with Gasteiger partial charge in [-0.25, -0.2) is 0 Å². The van der Waals surface area contributed by atoms with Crippen LogP contribution in [0.5, 0.6) is 0 Å². The third-order valence-corrected chi connectivity index (χ3v) is 1.76. The van der Waals surface area contributed by atoms with Gasteiger partial charge in [-0.05, 0) is 33.2 Å². The first-order valence-corrected chi connectivity index (χ1v) is 5.28. The number of aliphatic hydroxyl groups is 2. The number of hydrogen-bond donors (Lipinski definition) is 3. The van der Waals surface area contributed by atoms with Crippen LogP contribution in [0.4, 0.5) is 0 Å². The van der Waals surface area contributed by atoms with Gasteiger partial charge in [0.15, 0.2) is 0 Å². The van der Waals surface area contributed by atoms with E-state index in [2.05, 4.69) is 5.32 Å². The first-order chi connectivity index (χ1) is 6.66. The van der Waals surface area contributed by atoms with E-state index in [1.54, 1.807) is 0 Å². The van der Waals surface area contributed by atoms with Crippen LogP contribution >= 0.6 is 0 Å². The van der Waals surface area contributed by atoms with E-state index in [0.717, 1.165) is 19.4 Å². The Morgan fingerprint density at radius 2 is 2.00 bits per heavy atom. The lowest BCUT2D eigenvalue weighted by Crippen LogP contribution is -2.31. The molecule has 1 atom stereocenters. The Hall–Kier alpha value is -0.160. The summed E-state index contributed by atoms with van der Waals surface area (Å²) in [4.78, 5) is 0. The lowest BCUT2D eigenvalue weighted by Gasteiger charge is -2.13. The first-order valence-electron chi connectivity index (χ1n) is 5.28. The maximum absolute atomic E-state index is 9.42. The van der Waals surface area contributed by atoms with Gasteiger partial charge in [0.05, 0.1) is 18.8 Å². The molecule has 0 amide bonds. The molecule has 0 spiro atoms. The second-order valence-corrected chi connectivity index (χ2v) is 3.67. The molecule has 0 aromatic carbocycles. The molecule has 0 aromatic heterocycles. The van der Waals surface area contributed by atoms with Crippen molar-refractivity contribution in [1.29, 1.82) is 0 Å². The van der Waals surface area contributed by atoms with Crippen LogP contribution in [-0.2, 0) is 4.74 Å². The predicted molar refractivity (Wildman–Crippen MR) is 56.3 cm³/mol. The molecule has 1 unspecified atom stereocenters. The van der Waals surface area contributed by atoms with E-state index < -0.39 is 6.10 Å². The largest absolute Gasteiger partial charge is 0.396 e. The van der Waals surface area contributed by atoms with E-state index in [9.17, 15) is 5.11 Å². The highest BCUT2D eigenvalue weighted by molar-refractivity contribution is 4.58. The molecule has 0 radical (unpaired) electrons. The van der Waals surface area contributed by atoms with Gasteiger partial charge in [0.2, 0.25) is 0 Å². The number of unbranched alkanes of at least 4 members (excludes halogenated alkanes) is 1. The topological polar surface area (TPSA) is 61.7 Å². The molecule has 86 valence electrons. The first kappa shape index (κ1) is 13.8. The van der Waals surface area contributed by atoms with Crippen molar-refractivity contribution in [2.75, 3.05) is 26.3 Å². The van der Waals surface area contributed by atoms with Gasteiger partial charge in [0.25, 0.3) is 0 Å². The summed E-state index contributed by atoms with van der Waals surface area (Å²) in [5, 5.41) is 21.0. The molecular weight excluding hydrogens is 182 g/mol. The molecule has 14 heavy (non-hydrogen) atoms. The molecule has 0 rings (SSSR count). The quantitative estimate of drug-likeness (QED) is 0.468. The zero-order valence-electron chi connectivity index (χ0n) is 9.20. The van der Waals surface area contributed by atoms with Gasteiger partial charge >= 0.3 is 0 Å². The van der Waals surface area contributed by atoms with Crippen LogP contribution in [0.25, 0.3) is 0 Å². The molecule has 3 N–H and O–H groups in total. The Labute approximate surface area is 86.3 Å². The molecule has 0 saturated heterocycles. The Kier molecular flexibility index (Phi) is 9.29. The molecule has 4 nitrogen and oxygen atoms in total. The molecular formula is C10H23NO3. The Bertz CT molecular complexity index is 120. The third kappa shape index (κ3) is 9.92. The van der Waals surface area contributed by atoms with Crippen molar-refractivity contribution in [3.8, 4) is 0 Å². The lowest BCUT2D eigenvalue weighted by atomic mass is 10.3. The predicted octanol–water partition coefficient (Wildman–Crippen LogP) is 0.134. The van der Waals surface area contributed by atoms with Crippen LogP contribution in [0.3, 0.4) is 0 Å². The fourth-order valence-corrected chi connectivity index (χ4v) is 0.993. The number of ether oxygens (including phenoxy) is 1. The molecule has 4 heteroatoms. The van der Waals surface area contributed by atoms with Crippen molar-refractivity contribution in [3.05, 3.63) is 0 Å². The molecule has 0 bridgehead atoms. The smallest absolute Gasteiger partial charge is 0.0897 e. The second kappa shape index (κ2) is 9.40. The van der Waals surface area contributed by atoms with Gasteiger partial charge in [0.1, 0.15) is 0 Å². The van der Waals surface area contributed by atoms with Gasteiger partial charge in [-0.2, -0.15) is 0 Å². The SMILES string of the molecule is CC(C)OCC(O)CNCCCCO. The fraction of sp³-hybridized carbons (Fsp3) is 1.00. The summed E-state index contributed by atoms with van der Waals surface area (Å²) in [6, 6.07) is 0. The van der Waals surface area contributed by atoms with Gasteiger partial charge in [-0.1, -0.05) is 0 Å². The molecule has 0 heterocycles. The van der Waals surface area contributed by atoms with Crippen LogP contribution in [-0.4, -0.2) is 48.7 Å². The Morgan fingerprint density at radius 1 is 1.29 bits per heavy atom.